The second-order valence-corrected chi connectivity index (χ2v) is 9.01. The fourth-order valence-corrected chi connectivity index (χ4v) is 4.98. The number of nitrogens with zero attached hydrogens (tertiary/aromatic N) is 3. The molecule has 2 heterocycles. The predicted octanol–water partition coefficient (Wildman–Crippen LogP) is 2.72. The third-order valence-electron chi connectivity index (χ3n) is 5.03. The van der Waals surface area contributed by atoms with Crippen LogP contribution in [0.15, 0.2) is 53.4 Å². The van der Waals surface area contributed by atoms with Crippen LogP contribution in [0.2, 0.25) is 0 Å². The summed E-state index contributed by atoms with van der Waals surface area (Å²) in [5.41, 5.74) is 2.00. The van der Waals surface area contributed by atoms with E-state index < -0.39 is 15.9 Å². The molecule has 0 unspecified atom stereocenters. The summed E-state index contributed by atoms with van der Waals surface area (Å²) >= 11 is 0. The second-order valence-electron chi connectivity index (χ2n) is 7.07. The number of benzene rings is 2. The number of carbonyl (C=O) groups is 1. The van der Waals surface area contributed by atoms with Gasteiger partial charge in [-0.2, -0.15) is 4.31 Å². The lowest BCUT2D eigenvalue weighted by atomic mass is 10.2. The number of carbonyl (C=O) groups excluding carboxylic acids is 1. The van der Waals surface area contributed by atoms with Crippen LogP contribution in [0.4, 0.5) is 5.95 Å². The van der Waals surface area contributed by atoms with Crippen LogP contribution >= 0.6 is 0 Å². The molecule has 0 atom stereocenters. The molecular weight excluding hydrogens is 404 g/mol. The average Bonchev–Trinajstić information content (AvgIpc) is 3.12. The topological polar surface area (TPSA) is 93.5 Å². The van der Waals surface area contributed by atoms with E-state index in [2.05, 4.69) is 17.2 Å². The Morgan fingerprint density at radius 3 is 2.67 bits per heavy atom. The van der Waals surface area contributed by atoms with Crippen molar-refractivity contribution >= 4 is 32.9 Å². The third-order valence-corrected chi connectivity index (χ3v) is 6.93. The van der Waals surface area contributed by atoms with Crippen molar-refractivity contribution < 1.29 is 17.9 Å². The molecule has 3 aromatic rings. The average molecular weight is 429 g/mol. The number of anilines is 1. The lowest BCUT2D eigenvalue weighted by Gasteiger charge is -2.26. The summed E-state index contributed by atoms with van der Waals surface area (Å²) in [6, 6.07) is 13.8. The molecule has 0 bridgehead atoms. The highest BCUT2D eigenvalue weighted by atomic mass is 32.2. The Kier molecular flexibility index (Phi) is 5.85. The first-order valence-corrected chi connectivity index (χ1v) is 11.4. The summed E-state index contributed by atoms with van der Waals surface area (Å²) in [5.74, 6) is 0.0474. The Bertz CT molecular complexity index is 1170. The van der Waals surface area contributed by atoms with Crippen molar-refractivity contribution in [3.05, 3.63) is 54.1 Å². The van der Waals surface area contributed by atoms with E-state index in [4.69, 9.17) is 4.74 Å². The summed E-state index contributed by atoms with van der Waals surface area (Å²) in [6.07, 6.45) is 0.885. The van der Waals surface area contributed by atoms with Gasteiger partial charge in [0.05, 0.1) is 29.1 Å². The van der Waals surface area contributed by atoms with Gasteiger partial charge in [-0.3, -0.25) is 10.1 Å². The first kappa shape index (κ1) is 20.5. The molecular formula is C21H24N4O4S. The molecule has 0 aliphatic carbocycles. The Hall–Kier alpha value is -2.75. The van der Waals surface area contributed by atoms with Crippen LogP contribution in [-0.2, 0) is 21.3 Å². The molecule has 2 aromatic carbocycles. The monoisotopic (exact) mass is 428 g/mol. The number of para-hydroxylation sites is 2. The van der Waals surface area contributed by atoms with Gasteiger partial charge in [0, 0.05) is 25.2 Å². The van der Waals surface area contributed by atoms with Gasteiger partial charge >= 0.3 is 0 Å². The van der Waals surface area contributed by atoms with Crippen molar-refractivity contribution in [3.8, 4) is 0 Å². The van der Waals surface area contributed by atoms with Crippen molar-refractivity contribution in [2.45, 2.75) is 24.8 Å². The standard InChI is InChI=1S/C21H24N4O4S/c1-2-10-25-19-9-4-3-8-18(19)22-21(25)23-20(26)16-6-5-7-17(15-16)30(27,28)24-11-13-29-14-12-24/h3-9,15H,2,10-14H2,1H3,(H,22,23,26). The van der Waals surface area contributed by atoms with Crippen LogP contribution in [0, 0.1) is 0 Å². The minimum atomic E-state index is -3.68. The van der Waals surface area contributed by atoms with Crippen LogP contribution in [0.1, 0.15) is 23.7 Å². The molecule has 0 spiro atoms. The first-order valence-electron chi connectivity index (χ1n) is 9.95. The maximum Gasteiger partial charge on any atom is 0.258 e. The number of nitrogens with one attached hydrogen (secondary N) is 1. The lowest BCUT2D eigenvalue weighted by Crippen LogP contribution is -2.40. The molecule has 1 saturated heterocycles. The van der Waals surface area contributed by atoms with Crippen molar-refractivity contribution in [3.63, 3.8) is 0 Å². The summed E-state index contributed by atoms with van der Waals surface area (Å²) in [6.45, 7) is 4.11. The Balaban J connectivity index is 1.61. The molecule has 9 heteroatoms. The zero-order chi connectivity index (χ0) is 21.1. The highest BCUT2D eigenvalue weighted by Crippen LogP contribution is 2.22. The molecule has 1 N–H and O–H groups in total. The van der Waals surface area contributed by atoms with Crippen molar-refractivity contribution in [2.24, 2.45) is 0 Å². The fourth-order valence-electron chi connectivity index (χ4n) is 3.53. The summed E-state index contributed by atoms with van der Waals surface area (Å²) in [5, 5.41) is 2.84. The van der Waals surface area contributed by atoms with Crippen molar-refractivity contribution in [2.75, 3.05) is 31.6 Å². The number of aromatic nitrogens is 2. The largest absolute Gasteiger partial charge is 0.379 e. The smallest absolute Gasteiger partial charge is 0.258 e. The van der Waals surface area contributed by atoms with Gasteiger partial charge in [0.2, 0.25) is 16.0 Å². The first-order chi connectivity index (χ1) is 14.5. The highest BCUT2D eigenvalue weighted by molar-refractivity contribution is 7.89. The van der Waals surface area contributed by atoms with Gasteiger partial charge in [0.1, 0.15) is 0 Å². The molecule has 1 aliphatic rings. The van der Waals surface area contributed by atoms with Crippen molar-refractivity contribution in [1.29, 1.82) is 0 Å². The van der Waals surface area contributed by atoms with E-state index in [9.17, 15) is 13.2 Å². The van der Waals surface area contributed by atoms with Gasteiger partial charge in [-0.15, -0.1) is 0 Å². The van der Waals surface area contributed by atoms with Crippen LogP contribution in [0.3, 0.4) is 0 Å². The molecule has 1 fully saturated rings. The van der Waals surface area contributed by atoms with Crippen LogP contribution in [-0.4, -0.2) is 54.5 Å². The minimum absolute atomic E-state index is 0.0964. The number of hydrogen-bond donors (Lipinski definition) is 1. The van der Waals surface area contributed by atoms with Crippen LogP contribution in [0.5, 0.6) is 0 Å². The quantitative estimate of drug-likeness (QED) is 0.652. The maximum atomic E-state index is 12.9. The normalized spacial score (nSPS) is 15.4. The number of rotatable bonds is 6. The molecule has 1 aliphatic heterocycles. The van der Waals surface area contributed by atoms with Crippen molar-refractivity contribution in [1.82, 2.24) is 13.9 Å². The van der Waals surface area contributed by atoms with Gasteiger partial charge in [-0.05, 0) is 36.8 Å². The Labute approximate surface area is 175 Å². The summed E-state index contributed by atoms with van der Waals surface area (Å²) < 4.78 is 34.4. The van der Waals surface area contributed by atoms with Gasteiger partial charge in [-0.1, -0.05) is 25.1 Å². The van der Waals surface area contributed by atoms with E-state index in [1.54, 1.807) is 12.1 Å². The maximum absolute atomic E-state index is 12.9. The van der Waals surface area contributed by atoms with Gasteiger partial charge in [-0.25, -0.2) is 13.4 Å². The summed E-state index contributed by atoms with van der Waals surface area (Å²) in [7, 11) is -3.68. The number of aryl methyl sites for hydroxylation is 1. The molecule has 8 nitrogen and oxygen atoms in total. The Morgan fingerprint density at radius 1 is 1.13 bits per heavy atom. The van der Waals surface area contributed by atoms with E-state index in [-0.39, 0.29) is 10.5 Å². The van der Waals surface area contributed by atoms with Crippen LogP contribution < -0.4 is 5.32 Å². The second kappa shape index (κ2) is 8.55. The molecule has 30 heavy (non-hydrogen) atoms. The van der Waals surface area contributed by atoms with Gasteiger partial charge in [0.15, 0.2) is 0 Å². The van der Waals surface area contributed by atoms with Crippen LogP contribution in [0.25, 0.3) is 11.0 Å². The molecule has 1 amide bonds. The number of sulfonamides is 1. The van der Waals surface area contributed by atoms with E-state index in [1.165, 1.54) is 16.4 Å². The third kappa shape index (κ3) is 3.96. The van der Waals surface area contributed by atoms with E-state index in [0.717, 1.165) is 17.5 Å². The zero-order valence-corrected chi connectivity index (χ0v) is 17.6. The fraction of sp³-hybridized carbons (Fsp3) is 0.333. The minimum Gasteiger partial charge on any atom is -0.379 e. The molecule has 1 aromatic heterocycles. The molecule has 0 radical (unpaired) electrons. The number of imidazole rings is 1. The zero-order valence-electron chi connectivity index (χ0n) is 16.7. The summed E-state index contributed by atoms with van der Waals surface area (Å²) in [4.78, 5) is 17.5. The van der Waals surface area contributed by atoms with Gasteiger partial charge < -0.3 is 9.30 Å². The number of fused-ring (bicyclic) bond motifs is 1. The molecule has 158 valence electrons. The van der Waals surface area contributed by atoms with E-state index >= 15 is 0 Å². The van der Waals surface area contributed by atoms with E-state index in [0.29, 0.717) is 38.8 Å². The molecule has 0 saturated carbocycles. The van der Waals surface area contributed by atoms with Gasteiger partial charge in [0.25, 0.3) is 5.91 Å². The highest BCUT2D eigenvalue weighted by Gasteiger charge is 2.27. The number of amides is 1. The lowest BCUT2D eigenvalue weighted by molar-refractivity contribution is 0.0730. The SMILES string of the molecule is CCCn1c(NC(=O)c2cccc(S(=O)(=O)N3CCOCC3)c2)nc2ccccc21. The number of hydrogen-bond acceptors (Lipinski definition) is 5. The Morgan fingerprint density at radius 2 is 1.90 bits per heavy atom. The molecule has 4 rings (SSSR count). The van der Waals surface area contributed by atoms with E-state index in [1.807, 2.05) is 28.8 Å². The predicted molar refractivity (Wildman–Crippen MR) is 114 cm³/mol. The number of morpholine rings is 1. The number of ether oxygens (including phenoxy) is 1.